The molecule has 82 valence electrons. The predicted molar refractivity (Wildman–Crippen MR) is 60.8 cm³/mol. The molecule has 0 atom stereocenters. The van der Waals surface area contributed by atoms with Crippen molar-refractivity contribution in [1.82, 2.24) is 0 Å². The van der Waals surface area contributed by atoms with E-state index in [1.54, 1.807) is 12.1 Å². The smallest absolute Gasteiger partial charge is 0.510 e. The molecule has 1 rings (SSSR count). The van der Waals surface area contributed by atoms with E-state index in [0.717, 1.165) is 18.8 Å². The van der Waals surface area contributed by atoms with Crippen molar-refractivity contribution in [2.45, 2.75) is 13.8 Å². The standard InChI is InChI=1S/C10H16BNO3/c1-3-12(4-2)9-7-5-6-8-10(9)15-11(13)14/h5-8,13-14H,3-4H2,1-2H3. The number of hydrogen-bond donors (Lipinski definition) is 2. The first-order valence-electron chi connectivity index (χ1n) is 5.05. The third kappa shape index (κ3) is 3.14. The molecule has 1 aromatic rings. The maximum absolute atomic E-state index is 8.77. The average molecular weight is 209 g/mol. The third-order valence-electron chi connectivity index (χ3n) is 2.20. The monoisotopic (exact) mass is 209 g/mol. The zero-order valence-corrected chi connectivity index (χ0v) is 9.05. The molecule has 0 aliphatic heterocycles. The maximum atomic E-state index is 8.77. The highest BCUT2D eigenvalue weighted by atomic mass is 16.6. The van der Waals surface area contributed by atoms with Crippen LogP contribution in [0.15, 0.2) is 24.3 Å². The molecule has 1 aromatic carbocycles. The molecule has 4 nitrogen and oxygen atoms in total. The van der Waals surface area contributed by atoms with E-state index in [-0.39, 0.29) is 0 Å². The Morgan fingerprint density at radius 3 is 2.33 bits per heavy atom. The van der Waals surface area contributed by atoms with Gasteiger partial charge in [-0.25, -0.2) is 0 Å². The molecule has 0 saturated carbocycles. The van der Waals surface area contributed by atoms with Crippen LogP contribution in [0.25, 0.3) is 0 Å². The summed E-state index contributed by atoms with van der Waals surface area (Å²) in [5, 5.41) is 17.5. The van der Waals surface area contributed by atoms with Crippen LogP contribution in [0, 0.1) is 0 Å². The second kappa shape index (κ2) is 5.63. The van der Waals surface area contributed by atoms with Crippen molar-refractivity contribution < 1.29 is 14.7 Å². The zero-order chi connectivity index (χ0) is 11.3. The fourth-order valence-corrected chi connectivity index (χ4v) is 1.50. The molecule has 0 aliphatic rings. The molecule has 0 heterocycles. The van der Waals surface area contributed by atoms with Crippen molar-refractivity contribution in [2.24, 2.45) is 0 Å². The van der Waals surface area contributed by atoms with Gasteiger partial charge < -0.3 is 19.6 Å². The molecule has 15 heavy (non-hydrogen) atoms. The molecule has 2 N–H and O–H groups in total. The van der Waals surface area contributed by atoms with E-state index >= 15 is 0 Å². The van der Waals surface area contributed by atoms with Crippen LogP contribution in [0.1, 0.15) is 13.8 Å². The minimum atomic E-state index is -1.78. The van der Waals surface area contributed by atoms with Gasteiger partial charge in [-0.1, -0.05) is 12.1 Å². The Hall–Kier alpha value is -1.20. The average Bonchev–Trinajstić information content (AvgIpc) is 2.21. The van der Waals surface area contributed by atoms with Gasteiger partial charge in [0.15, 0.2) is 0 Å². The molecule has 0 aromatic heterocycles. The normalized spacial score (nSPS) is 9.87. The molecular weight excluding hydrogens is 193 g/mol. The lowest BCUT2D eigenvalue weighted by Crippen LogP contribution is -2.25. The van der Waals surface area contributed by atoms with E-state index in [9.17, 15) is 0 Å². The van der Waals surface area contributed by atoms with Gasteiger partial charge in [-0.2, -0.15) is 0 Å². The van der Waals surface area contributed by atoms with Gasteiger partial charge in [0, 0.05) is 13.1 Å². The van der Waals surface area contributed by atoms with E-state index in [0.29, 0.717) is 5.75 Å². The van der Waals surface area contributed by atoms with Crippen molar-refractivity contribution in [3.05, 3.63) is 24.3 Å². The highest BCUT2D eigenvalue weighted by Crippen LogP contribution is 2.27. The Bertz CT molecular complexity index is 302. The summed E-state index contributed by atoms with van der Waals surface area (Å²) in [5.41, 5.74) is 0.871. The Labute approximate surface area is 90.3 Å². The van der Waals surface area contributed by atoms with Gasteiger partial charge in [0.25, 0.3) is 0 Å². The van der Waals surface area contributed by atoms with Crippen LogP contribution >= 0.6 is 0 Å². The van der Waals surface area contributed by atoms with Crippen LogP contribution in [0.5, 0.6) is 5.75 Å². The summed E-state index contributed by atoms with van der Waals surface area (Å²) in [6.45, 7) is 5.77. The number of rotatable bonds is 5. The second-order valence-electron chi connectivity index (χ2n) is 3.08. The van der Waals surface area contributed by atoms with Crippen LogP contribution in [0.4, 0.5) is 5.69 Å². The lowest BCUT2D eigenvalue weighted by atomic mass is 10.2. The van der Waals surface area contributed by atoms with Crippen LogP contribution in [0.2, 0.25) is 0 Å². The molecule has 0 amide bonds. The first kappa shape index (κ1) is 11.9. The van der Waals surface area contributed by atoms with Gasteiger partial charge in [0.2, 0.25) is 0 Å². The van der Waals surface area contributed by atoms with Crippen LogP contribution in [-0.2, 0) is 0 Å². The fraction of sp³-hybridized carbons (Fsp3) is 0.400. The van der Waals surface area contributed by atoms with Crippen LogP contribution < -0.4 is 9.55 Å². The van der Waals surface area contributed by atoms with E-state index in [1.165, 1.54) is 0 Å². The summed E-state index contributed by atoms with van der Waals surface area (Å²) in [5.74, 6) is 0.483. The highest BCUT2D eigenvalue weighted by molar-refractivity contribution is 6.34. The SMILES string of the molecule is CCN(CC)c1ccccc1OB(O)O. The summed E-state index contributed by atoms with van der Waals surface area (Å²) in [6.07, 6.45) is 0. The Balaban J connectivity index is 2.94. The van der Waals surface area contributed by atoms with Crippen LogP contribution in [-0.4, -0.2) is 30.5 Å². The molecule has 0 radical (unpaired) electrons. The maximum Gasteiger partial charge on any atom is 0.707 e. The molecule has 0 unspecified atom stereocenters. The number of nitrogens with zero attached hydrogens (tertiary/aromatic N) is 1. The predicted octanol–water partition coefficient (Wildman–Crippen LogP) is 0.881. The van der Waals surface area contributed by atoms with E-state index in [2.05, 4.69) is 4.90 Å². The Kier molecular flexibility index (Phi) is 4.46. The number of benzene rings is 1. The summed E-state index contributed by atoms with van der Waals surface area (Å²) in [6, 6.07) is 7.30. The molecule has 0 saturated heterocycles. The van der Waals surface area contributed by atoms with E-state index in [4.69, 9.17) is 14.7 Å². The summed E-state index contributed by atoms with van der Waals surface area (Å²) < 4.78 is 4.90. The quantitative estimate of drug-likeness (QED) is 0.707. The topological polar surface area (TPSA) is 52.9 Å². The highest BCUT2D eigenvalue weighted by Gasteiger charge is 2.15. The minimum Gasteiger partial charge on any atom is -0.510 e. The number of para-hydroxylation sites is 2. The lowest BCUT2D eigenvalue weighted by Gasteiger charge is -2.23. The van der Waals surface area contributed by atoms with Gasteiger partial charge in [-0.15, -0.1) is 0 Å². The van der Waals surface area contributed by atoms with Crippen molar-refractivity contribution in [1.29, 1.82) is 0 Å². The molecular formula is C10H16BNO3. The fourth-order valence-electron chi connectivity index (χ4n) is 1.50. The third-order valence-corrected chi connectivity index (χ3v) is 2.20. The first-order valence-corrected chi connectivity index (χ1v) is 5.05. The van der Waals surface area contributed by atoms with Crippen molar-refractivity contribution in [3.63, 3.8) is 0 Å². The van der Waals surface area contributed by atoms with Gasteiger partial charge in [-0.3, -0.25) is 0 Å². The van der Waals surface area contributed by atoms with Crippen molar-refractivity contribution >= 4 is 13.0 Å². The molecule has 0 aliphatic carbocycles. The van der Waals surface area contributed by atoms with Gasteiger partial charge in [0.1, 0.15) is 5.75 Å². The first-order chi connectivity index (χ1) is 7.19. The molecule has 5 heteroatoms. The molecule has 0 spiro atoms. The van der Waals surface area contributed by atoms with Crippen LogP contribution in [0.3, 0.4) is 0 Å². The second-order valence-corrected chi connectivity index (χ2v) is 3.08. The Morgan fingerprint density at radius 2 is 1.80 bits per heavy atom. The summed E-state index contributed by atoms with van der Waals surface area (Å²) in [7, 11) is -1.78. The van der Waals surface area contributed by atoms with E-state index < -0.39 is 7.32 Å². The summed E-state index contributed by atoms with van der Waals surface area (Å²) >= 11 is 0. The van der Waals surface area contributed by atoms with Gasteiger partial charge in [-0.05, 0) is 26.0 Å². The van der Waals surface area contributed by atoms with Crippen molar-refractivity contribution in [2.75, 3.05) is 18.0 Å². The summed E-state index contributed by atoms with van der Waals surface area (Å²) in [4.78, 5) is 2.08. The van der Waals surface area contributed by atoms with Gasteiger partial charge >= 0.3 is 7.32 Å². The van der Waals surface area contributed by atoms with Crippen molar-refractivity contribution in [3.8, 4) is 5.75 Å². The lowest BCUT2D eigenvalue weighted by molar-refractivity contribution is 0.288. The Morgan fingerprint density at radius 1 is 1.20 bits per heavy atom. The molecule has 0 bridgehead atoms. The largest absolute Gasteiger partial charge is 0.707 e. The molecule has 0 fully saturated rings. The number of anilines is 1. The minimum absolute atomic E-state index is 0.483. The zero-order valence-electron chi connectivity index (χ0n) is 9.05. The number of hydrogen-bond acceptors (Lipinski definition) is 4. The van der Waals surface area contributed by atoms with E-state index in [1.807, 2.05) is 26.0 Å². The van der Waals surface area contributed by atoms with Gasteiger partial charge in [0.05, 0.1) is 5.69 Å².